The Morgan fingerprint density at radius 2 is 1.28 bits per heavy atom. The third kappa shape index (κ3) is 2.34. The molecule has 0 aromatic heterocycles. The average Bonchev–Trinajstić information content (AvgIpc) is 2.31. The van der Waals surface area contributed by atoms with Crippen molar-refractivity contribution in [3.05, 3.63) is 29.1 Å². The summed E-state index contributed by atoms with van der Waals surface area (Å²) in [6.45, 7) is -0.873. The lowest BCUT2D eigenvalue weighted by Crippen LogP contribution is -2.28. The van der Waals surface area contributed by atoms with Crippen LogP contribution in [0.4, 0.5) is 22.0 Å². The fraction of sp³-hybridized carbons (Fsp3) is 0.125. The lowest BCUT2D eigenvalue weighted by Gasteiger charge is -2.08. The van der Waals surface area contributed by atoms with E-state index in [-0.39, 0.29) is 6.29 Å². The summed E-state index contributed by atoms with van der Waals surface area (Å²) in [6.07, 6.45) is 0.0313. The van der Waals surface area contributed by atoms with Gasteiger partial charge in [0, 0.05) is 0 Å². The highest BCUT2D eigenvalue weighted by molar-refractivity contribution is 7.89. The van der Waals surface area contributed by atoms with Crippen LogP contribution in [0.5, 0.6) is 0 Å². The zero-order chi connectivity index (χ0) is 14.1. The molecule has 0 saturated heterocycles. The number of sulfonamides is 1. The third-order valence-corrected chi connectivity index (χ3v) is 3.24. The summed E-state index contributed by atoms with van der Waals surface area (Å²) in [5, 5.41) is 0. The van der Waals surface area contributed by atoms with E-state index in [0.717, 1.165) is 0 Å². The third-order valence-electron chi connectivity index (χ3n) is 1.79. The second-order valence-electron chi connectivity index (χ2n) is 2.92. The molecule has 0 saturated carbocycles. The van der Waals surface area contributed by atoms with Gasteiger partial charge in [-0.2, -0.15) is 0 Å². The molecule has 10 heteroatoms. The summed E-state index contributed by atoms with van der Waals surface area (Å²) in [6, 6.07) is 0. The molecule has 18 heavy (non-hydrogen) atoms. The Hall–Kier alpha value is -1.55. The van der Waals surface area contributed by atoms with Crippen molar-refractivity contribution in [1.82, 2.24) is 4.72 Å². The van der Waals surface area contributed by atoms with Gasteiger partial charge in [0.2, 0.25) is 15.8 Å². The van der Waals surface area contributed by atoms with E-state index in [1.807, 2.05) is 0 Å². The lowest BCUT2D eigenvalue weighted by atomic mass is 10.3. The van der Waals surface area contributed by atoms with E-state index in [2.05, 4.69) is 0 Å². The maximum atomic E-state index is 13.1. The quantitative estimate of drug-likeness (QED) is 0.387. The number of carbonyl (C=O) groups excluding carboxylic acids is 1. The Labute approximate surface area is 97.5 Å². The molecule has 4 nitrogen and oxygen atoms in total. The summed E-state index contributed by atoms with van der Waals surface area (Å²) in [5.41, 5.74) is 0. The van der Waals surface area contributed by atoms with Crippen molar-refractivity contribution in [2.45, 2.75) is 4.90 Å². The summed E-state index contributed by atoms with van der Waals surface area (Å²) in [7, 11) is -5.02. The van der Waals surface area contributed by atoms with Crippen LogP contribution in [0.3, 0.4) is 0 Å². The van der Waals surface area contributed by atoms with E-state index in [4.69, 9.17) is 0 Å². The van der Waals surface area contributed by atoms with Gasteiger partial charge in [-0.15, -0.1) is 0 Å². The van der Waals surface area contributed by atoms with Gasteiger partial charge in [0.25, 0.3) is 0 Å². The van der Waals surface area contributed by atoms with Crippen molar-refractivity contribution in [3.8, 4) is 0 Å². The smallest absolute Gasteiger partial charge is 0.247 e. The number of nitrogens with one attached hydrogen (secondary N) is 1. The molecule has 100 valence electrons. The van der Waals surface area contributed by atoms with E-state index in [1.165, 1.54) is 4.72 Å². The highest BCUT2D eigenvalue weighted by atomic mass is 32.2. The molecule has 1 N–H and O–H groups in total. The van der Waals surface area contributed by atoms with E-state index in [9.17, 15) is 35.2 Å². The molecule has 1 aromatic rings. The van der Waals surface area contributed by atoms with Gasteiger partial charge in [-0.05, 0) is 0 Å². The minimum absolute atomic E-state index is 0.0313. The Kier molecular flexibility index (Phi) is 4.02. The van der Waals surface area contributed by atoms with Gasteiger partial charge >= 0.3 is 0 Å². The van der Waals surface area contributed by atoms with Gasteiger partial charge in [0.05, 0.1) is 6.54 Å². The average molecular weight is 289 g/mol. The Balaban J connectivity index is 3.56. The van der Waals surface area contributed by atoms with Crippen molar-refractivity contribution >= 4 is 16.3 Å². The van der Waals surface area contributed by atoms with Crippen LogP contribution in [0.25, 0.3) is 0 Å². The second-order valence-corrected chi connectivity index (χ2v) is 4.62. The number of carbonyl (C=O) groups is 1. The number of hydrogen-bond acceptors (Lipinski definition) is 3. The van der Waals surface area contributed by atoms with Crippen molar-refractivity contribution in [3.63, 3.8) is 0 Å². The predicted octanol–water partition coefficient (Wildman–Crippen LogP) is 0.859. The molecular formula is C8H4F5NO3S. The topological polar surface area (TPSA) is 63.2 Å². The van der Waals surface area contributed by atoms with Crippen molar-refractivity contribution in [2.24, 2.45) is 0 Å². The largest absolute Gasteiger partial charge is 0.302 e. The molecule has 0 fully saturated rings. The van der Waals surface area contributed by atoms with Crippen LogP contribution in [-0.2, 0) is 14.8 Å². The molecule has 0 heterocycles. The first-order chi connectivity index (χ1) is 8.24. The lowest BCUT2D eigenvalue weighted by molar-refractivity contribution is -0.106. The molecule has 0 amide bonds. The molecule has 1 rings (SSSR count). The SMILES string of the molecule is O=CCNS(=O)(=O)c1c(F)c(F)c(F)c(F)c1F. The summed E-state index contributed by atoms with van der Waals surface area (Å²) < 4.78 is 88.1. The van der Waals surface area contributed by atoms with Crippen LogP contribution in [0, 0.1) is 29.1 Å². The first kappa shape index (κ1) is 14.5. The second kappa shape index (κ2) is 4.98. The first-order valence-electron chi connectivity index (χ1n) is 4.18. The van der Waals surface area contributed by atoms with E-state index < -0.39 is 50.5 Å². The molecule has 0 aliphatic rings. The minimum atomic E-state index is -5.02. The van der Waals surface area contributed by atoms with Crippen LogP contribution in [-0.4, -0.2) is 21.2 Å². The number of rotatable bonds is 4. The van der Waals surface area contributed by atoms with Crippen LogP contribution < -0.4 is 4.72 Å². The number of halogens is 5. The van der Waals surface area contributed by atoms with Crippen LogP contribution >= 0.6 is 0 Å². The Morgan fingerprint density at radius 3 is 1.67 bits per heavy atom. The molecule has 0 atom stereocenters. The molecule has 0 unspecified atom stereocenters. The minimum Gasteiger partial charge on any atom is -0.302 e. The highest BCUT2D eigenvalue weighted by Gasteiger charge is 2.33. The monoisotopic (exact) mass is 289 g/mol. The van der Waals surface area contributed by atoms with Crippen molar-refractivity contribution < 1.29 is 35.2 Å². The van der Waals surface area contributed by atoms with Gasteiger partial charge in [-0.3, -0.25) is 0 Å². The molecule has 0 radical (unpaired) electrons. The van der Waals surface area contributed by atoms with Gasteiger partial charge in [-0.1, -0.05) is 0 Å². The fourth-order valence-corrected chi connectivity index (χ4v) is 2.12. The summed E-state index contributed by atoms with van der Waals surface area (Å²) >= 11 is 0. The summed E-state index contributed by atoms with van der Waals surface area (Å²) in [4.78, 5) is 7.89. The van der Waals surface area contributed by atoms with Crippen LogP contribution in [0.1, 0.15) is 0 Å². The van der Waals surface area contributed by atoms with E-state index >= 15 is 0 Å². The summed E-state index contributed by atoms with van der Waals surface area (Å²) in [5.74, 6) is -12.2. The molecule has 0 spiro atoms. The Bertz CT molecular complexity index is 572. The van der Waals surface area contributed by atoms with Crippen LogP contribution in [0.15, 0.2) is 4.90 Å². The maximum absolute atomic E-state index is 13.1. The Morgan fingerprint density at radius 1 is 0.889 bits per heavy atom. The van der Waals surface area contributed by atoms with E-state index in [1.54, 1.807) is 0 Å². The maximum Gasteiger partial charge on any atom is 0.247 e. The van der Waals surface area contributed by atoms with Gasteiger partial charge < -0.3 is 4.79 Å². The van der Waals surface area contributed by atoms with E-state index in [0.29, 0.717) is 0 Å². The molecule has 0 bridgehead atoms. The number of aldehydes is 1. The standard InChI is InChI=1S/C8H4F5NO3S/c9-3-4(10)6(12)8(7(13)5(3)11)18(16,17)14-1-2-15/h2,14H,1H2. The zero-order valence-electron chi connectivity index (χ0n) is 8.31. The molecule has 0 aliphatic carbocycles. The van der Waals surface area contributed by atoms with Crippen molar-refractivity contribution in [1.29, 1.82) is 0 Å². The molecular weight excluding hydrogens is 285 g/mol. The highest BCUT2D eigenvalue weighted by Crippen LogP contribution is 2.26. The first-order valence-corrected chi connectivity index (χ1v) is 5.67. The molecule has 0 aliphatic heterocycles. The van der Waals surface area contributed by atoms with Crippen LogP contribution in [0.2, 0.25) is 0 Å². The predicted molar refractivity (Wildman–Crippen MR) is 47.5 cm³/mol. The zero-order valence-corrected chi connectivity index (χ0v) is 9.12. The van der Waals surface area contributed by atoms with Gasteiger partial charge in [-0.25, -0.2) is 35.1 Å². The fourth-order valence-electron chi connectivity index (χ4n) is 1.04. The van der Waals surface area contributed by atoms with Gasteiger partial charge in [0.15, 0.2) is 28.2 Å². The van der Waals surface area contributed by atoms with Gasteiger partial charge in [0.1, 0.15) is 6.29 Å². The number of hydrogen-bond donors (Lipinski definition) is 1. The normalized spacial score (nSPS) is 11.6. The number of benzene rings is 1. The molecule has 1 aromatic carbocycles. The van der Waals surface area contributed by atoms with Crippen molar-refractivity contribution in [2.75, 3.05) is 6.54 Å².